The van der Waals surface area contributed by atoms with Gasteiger partial charge in [0, 0.05) is 18.2 Å². The minimum Gasteiger partial charge on any atom is -0.491 e. The van der Waals surface area contributed by atoms with E-state index in [1.807, 2.05) is 0 Å². The Bertz CT molecular complexity index is 438. The van der Waals surface area contributed by atoms with Crippen molar-refractivity contribution in [3.63, 3.8) is 0 Å². The van der Waals surface area contributed by atoms with Crippen molar-refractivity contribution in [1.82, 2.24) is 0 Å². The van der Waals surface area contributed by atoms with Crippen LogP contribution in [0.1, 0.15) is 33.1 Å². The highest BCUT2D eigenvalue weighted by Crippen LogP contribution is 2.21. The summed E-state index contributed by atoms with van der Waals surface area (Å²) in [7, 11) is 0. The first-order chi connectivity index (χ1) is 9.56. The summed E-state index contributed by atoms with van der Waals surface area (Å²) in [6.07, 6.45) is 2.10. The van der Waals surface area contributed by atoms with E-state index in [0.717, 1.165) is 12.8 Å². The van der Waals surface area contributed by atoms with Crippen molar-refractivity contribution in [2.75, 3.05) is 18.5 Å². The second-order valence-corrected chi connectivity index (χ2v) is 4.85. The smallest absolute Gasteiger partial charge is 0.224 e. The highest BCUT2D eigenvalue weighted by molar-refractivity contribution is 5.90. The number of benzene rings is 1. The number of carbonyl (C=O) groups excluding carboxylic acids is 1. The van der Waals surface area contributed by atoms with Crippen molar-refractivity contribution in [3.05, 3.63) is 24.0 Å². The summed E-state index contributed by atoms with van der Waals surface area (Å²) < 4.78 is 18.7. The maximum Gasteiger partial charge on any atom is 0.224 e. The molecule has 3 N–H and O–H groups in total. The van der Waals surface area contributed by atoms with E-state index in [4.69, 9.17) is 10.5 Å². The summed E-state index contributed by atoms with van der Waals surface area (Å²) in [5.41, 5.74) is 5.91. The van der Waals surface area contributed by atoms with Gasteiger partial charge in [-0.3, -0.25) is 4.79 Å². The van der Waals surface area contributed by atoms with Gasteiger partial charge in [0.15, 0.2) is 11.6 Å². The largest absolute Gasteiger partial charge is 0.491 e. The Kier molecular flexibility index (Phi) is 7.01. The lowest BCUT2D eigenvalue weighted by atomic mass is 10.0. The molecular formula is C15H23FN2O2. The predicted octanol–water partition coefficient (Wildman–Crippen LogP) is 2.93. The average molecular weight is 282 g/mol. The van der Waals surface area contributed by atoms with Crippen LogP contribution >= 0.6 is 0 Å². The first-order valence-electron chi connectivity index (χ1n) is 6.99. The number of hydrogen-bond acceptors (Lipinski definition) is 3. The summed E-state index contributed by atoms with van der Waals surface area (Å²) in [5, 5.41) is 2.68. The third-order valence-corrected chi connectivity index (χ3v) is 3.04. The standard InChI is InChI=1S/C15H23FN2O2/c1-3-20-14-6-5-12(10-13(14)16)18-15(19)7-4-11(2)8-9-17/h5-6,10-11H,3-4,7-9,17H2,1-2H3,(H,18,19). The van der Waals surface area contributed by atoms with Gasteiger partial charge in [0.25, 0.3) is 0 Å². The van der Waals surface area contributed by atoms with Crippen molar-refractivity contribution in [1.29, 1.82) is 0 Å². The lowest BCUT2D eigenvalue weighted by Crippen LogP contribution is -2.14. The van der Waals surface area contributed by atoms with E-state index in [-0.39, 0.29) is 11.7 Å². The number of halogens is 1. The summed E-state index contributed by atoms with van der Waals surface area (Å²) in [5.74, 6) is 0.0310. The minimum absolute atomic E-state index is 0.113. The van der Waals surface area contributed by atoms with E-state index in [9.17, 15) is 9.18 Å². The molecule has 20 heavy (non-hydrogen) atoms. The van der Waals surface area contributed by atoms with Gasteiger partial charge in [-0.15, -0.1) is 0 Å². The van der Waals surface area contributed by atoms with Crippen LogP contribution in [0, 0.1) is 11.7 Å². The van der Waals surface area contributed by atoms with E-state index >= 15 is 0 Å². The van der Waals surface area contributed by atoms with Gasteiger partial charge >= 0.3 is 0 Å². The third-order valence-electron chi connectivity index (χ3n) is 3.04. The fraction of sp³-hybridized carbons (Fsp3) is 0.533. The van der Waals surface area contributed by atoms with Gasteiger partial charge in [0.1, 0.15) is 0 Å². The number of nitrogens with one attached hydrogen (secondary N) is 1. The zero-order valence-electron chi connectivity index (χ0n) is 12.1. The van der Waals surface area contributed by atoms with Gasteiger partial charge in [-0.05, 0) is 44.4 Å². The lowest BCUT2D eigenvalue weighted by Gasteiger charge is -2.11. The van der Waals surface area contributed by atoms with Gasteiger partial charge < -0.3 is 15.8 Å². The molecule has 1 atom stereocenters. The summed E-state index contributed by atoms with van der Waals surface area (Å²) >= 11 is 0. The second-order valence-electron chi connectivity index (χ2n) is 4.85. The molecule has 1 unspecified atom stereocenters. The highest BCUT2D eigenvalue weighted by Gasteiger charge is 2.09. The van der Waals surface area contributed by atoms with Crippen LogP contribution in [-0.2, 0) is 4.79 Å². The monoisotopic (exact) mass is 282 g/mol. The molecule has 0 fully saturated rings. The van der Waals surface area contributed by atoms with Crippen molar-refractivity contribution in [2.24, 2.45) is 11.7 Å². The van der Waals surface area contributed by atoms with Crippen LogP contribution in [0.2, 0.25) is 0 Å². The molecule has 0 radical (unpaired) electrons. The molecule has 0 heterocycles. The maximum absolute atomic E-state index is 13.6. The van der Waals surface area contributed by atoms with Gasteiger partial charge in [-0.2, -0.15) is 0 Å². The van der Waals surface area contributed by atoms with Crippen molar-refractivity contribution < 1.29 is 13.9 Å². The third kappa shape index (κ3) is 5.57. The Morgan fingerprint density at radius 1 is 1.45 bits per heavy atom. The molecule has 4 nitrogen and oxygen atoms in total. The number of amides is 1. The molecule has 0 bridgehead atoms. The number of carbonyl (C=O) groups is 1. The molecule has 0 spiro atoms. The Morgan fingerprint density at radius 2 is 2.20 bits per heavy atom. The molecule has 0 aliphatic rings. The Morgan fingerprint density at radius 3 is 2.80 bits per heavy atom. The molecule has 0 saturated heterocycles. The zero-order valence-corrected chi connectivity index (χ0v) is 12.1. The van der Waals surface area contributed by atoms with E-state index in [1.165, 1.54) is 12.1 Å². The topological polar surface area (TPSA) is 64.3 Å². The molecule has 5 heteroatoms. The first-order valence-corrected chi connectivity index (χ1v) is 6.99. The van der Waals surface area contributed by atoms with E-state index in [1.54, 1.807) is 13.0 Å². The lowest BCUT2D eigenvalue weighted by molar-refractivity contribution is -0.116. The zero-order chi connectivity index (χ0) is 15.0. The van der Waals surface area contributed by atoms with Crippen molar-refractivity contribution >= 4 is 11.6 Å². The van der Waals surface area contributed by atoms with Crippen LogP contribution in [0.4, 0.5) is 10.1 Å². The molecule has 0 aliphatic carbocycles. The summed E-state index contributed by atoms with van der Waals surface area (Å²) in [4.78, 5) is 11.7. The van der Waals surface area contributed by atoms with E-state index in [0.29, 0.717) is 31.2 Å². The van der Waals surface area contributed by atoms with Gasteiger partial charge in [-0.1, -0.05) is 6.92 Å². The summed E-state index contributed by atoms with van der Waals surface area (Å²) in [6, 6.07) is 4.42. The SMILES string of the molecule is CCOc1ccc(NC(=O)CCC(C)CCN)cc1F. The normalized spacial score (nSPS) is 12.0. The molecule has 0 aliphatic heterocycles. The molecule has 1 rings (SSSR count). The molecule has 1 aromatic rings. The first kappa shape index (κ1) is 16.4. The molecule has 112 valence electrons. The Hall–Kier alpha value is -1.62. The van der Waals surface area contributed by atoms with Crippen LogP contribution in [-0.4, -0.2) is 19.1 Å². The maximum atomic E-state index is 13.6. The number of rotatable bonds is 8. The number of nitrogens with two attached hydrogens (primary N) is 1. The van der Waals surface area contributed by atoms with Crippen LogP contribution < -0.4 is 15.8 Å². The molecule has 1 aromatic carbocycles. The van der Waals surface area contributed by atoms with Crippen LogP contribution in [0.5, 0.6) is 5.75 Å². The van der Waals surface area contributed by atoms with Crippen LogP contribution in [0.15, 0.2) is 18.2 Å². The van der Waals surface area contributed by atoms with Crippen LogP contribution in [0.3, 0.4) is 0 Å². The van der Waals surface area contributed by atoms with Gasteiger partial charge in [-0.25, -0.2) is 4.39 Å². The second kappa shape index (κ2) is 8.53. The number of hydrogen-bond donors (Lipinski definition) is 2. The average Bonchev–Trinajstić information content (AvgIpc) is 2.40. The molecule has 1 amide bonds. The highest BCUT2D eigenvalue weighted by atomic mass is 19.1. The fourth-order valence-electron chi connectivity index (χ4n) is 1.88. The van der Waals surface area contributed by atoms with Crippen molar-refractivity contribution in [2.45, 2.75) is 33.1 Å². The molecule has 0 saturated carbocycles. The fourth-order valence-corrected chi connectivity index (χ4v) is 1.88. The van der Waals surface area contributed by atoms with Crippen molar-refractivity contribution in [3.8, 4) is 5.75 Å². The van der Waals surface area contributed by atoms with Gasteiger partial charge in [0.2, 0.25) is 5.91 Å². The predicted molar refractivity (Wildman–Crippen MR) is 78.3 cm³/mol. The Labute approximate surface area is 119 Å². The summed E-state index contributed by atoms with van der Waals surface area (Å²) in [6.45, 7) is 4.89. The number of anilines is 1. The molecular weight excluding hydrogens is 259 g/mol. The minimum atomic E-state index is -0.471. The van der Waals surface area contributed by atoms with Gasteiger partial charge in [0.05, 0.1) is 6.61 Å². The number of ether oxygens (including phenoxy) is 1. The van der Waals surface area contributed by atoms with E-state index < -0.39 is 5.82 Å². The Balaban J connectivity index is 2.47. The molecule has 0 aromatic heterocycles. The van der Waals surface area contributed by atoms with Crippen LogP contribution in [0.25, 0.3) is 0 Å². The van der Waals surface area contributed by atoms with E-state index in [2.05, 4.69) is 12.2 Å². The quantitative estimate of drug-likeness (QED) is 0.770.